The van der Waals surface area contributed by atoms with Gasteiger partial charge in [-0.2, -0.15) is 4.31 Å². The van der Waals surface area contributed by atoms with Gasteiger partial charge in [-0.3, -0.25) is 4.79 Å². The average Bonchev–Trinajstić information content (AvgIpc) is 2.15. The van der Waals surface area contributed by atoms with Crippen LogP contribution in [-0.2, 0) is 14.8 Å². The molecule has 0 rings (SSSR count). The van der Waals surface area contributed by atoms with Crippen molar-refractivity contribution in [2.24, 2.45) is 0 Å². The Morgan fingerprint density at radius 1 is 1.31 bits per heavy atom. The van der Waals surface area contributed by atoms with Gasteiger partial charge in [-0.15, -0.1) is 12.4 Å². The number of halogens is 1. The molecule has 0 aromatic carbocycles. The molecule has 0 aromatic rings. The van der Waals surface area contributed by atoms with E-state index in [0.29, 0.717) is 13.0 Å². The first kappa shape index (κ1) is 18.0. The highest BCUT2D eigenvalue weighted by atomic mass is 35.5. The fourth-order valence-electron chi connectivity index (χ4n) is 1.10. The Morgan fingerprint density at radius 2 is 1.88 bits per heavy atom. The summed E-state index contributed by atoms with van der Waals surface area (Å²) in [6.45, 7) is 1.89. The SMILES string of the molecule is CCCN(CCO)S(=O)(=O)CCC(=O)O.Cl. The quantitative estimate of drug-likeness (QED) is 0.646. The molecule has 0 unspecified atom stereocenters. The van der Waals surface area contributed by atoms with Gasteiger partial charge in [-0.25, -0.2) is 8.42 Å². The summed E-state index contributed by atoms with van der Waals surface area (Å²) in [5.41, 5.74) is 0. The number of aliphatic hydroxyl groups is 1. The van der Waals surface area contributed by atoms with Crippen molar-refractivity contribution in [2.75, 3.05) is 25.4 Å². The second-order valence-corrected chi connectivity index (χ2v) is 5.17. The van der Waals surface area contributed by atoms with Crippen molar-refractivity contribution in [2.45, 2.75) is 19.8 Å². The Balaban J connectivity index is 0. The molecule has 0 spiro atoms. The largest absolute Gasteiger partial charge is 0.481 e. The van der Waals surface area contributed by atoms with E-state index in [9.17, 15) is 13.2 Å². The van der Waals surface area contributed by atoms with E-state index in [-0.39, 0.29) is 25.6 Å². The number of hydrogen-bond donors (Lipinski definition) is 2. The van der Waals surface area contributed by atoms with Crippen molar-refractivity contribution in [3.05, 3.63) is 0 Å². The lowest BCUT2D eigenvalue weighted by Crippen LogP contribution is -2.36. The number of sulfonamides is 1. The summed E-state index contributed by atoms with van der Waals surface area (Å²) >= 11 is 0. The van der Waals surface area contributed by atoms with E-state index in [1.54, 1.807) is 0 Å². The van der Waals surface area contributed by atoms with Gasteiger partial charge in [0, 0.05) is 13.1 Å². The van der Waals surface area contributed by atoms with Crippen molar-refractivity contribution < 1.29 is 23.4 Å². The molecule has 0 aliphatic rings. The molecular formula is C8H18ClNO5S. The van der Waals surface area contributed by atoms with Crippen LogP contribution in [0.1, 0.15) is 19.8 Å². The highest BCUT2D eigenvalue weighted by Crippen LogP contribution is 2.04. The van der Waals surface area contributed by atoms with Gasteiger partial charge in [0.15, 0.2) is 0 Å². The van der Waals surface area contributed by atoms with Gasteiger partial charge in [0.1, 0.15) is 0 Å². The van der Waals surface area contributed by atoms with Crippen molar-refractivity contribution in [3.63, 3.8) is 0 Å². The molecule has 0 heterocycles. The molecule has 16 heavy (non-hydrogen) atoms. The topological polar surface area (TPSA) is 94.9 Å². The number of aliphatic carboxylic acids is 1. The summed E-state index contributed by atoms with van der Waals surface area (Å²) in [7, 11) is -3.55. The normalized spacial score (nSPS) is 11.2. The molecule has 98 valence electrons. The molecule has 0 aliphatic heterocycles. The van der Waals surface area contributed by atoms with Crippen LogP contribution in [0.4, 0.5) is 0 Å². The van der Waals surface area contributed by atoms with E-state index in [0.717, 1.165) is 4.31 Å². The second kappa shape index (κ2) is 8.74. The molecule has 0 radical (unpaired) electrons. The zero-order valence-electron chi connectivity index (χ0n) is 9.13. The molecule has 0 fully saturated rings. The Kier molecular flexibility index (Phi) is 9.84. The average molecular weight is 276 g/mol. The first-order valence-corrected chi connectivity index (χ1v) is 6.35. The van der Waals surface area contributed by atoms with E-state index >= 15 is 0 Å². The lowest BCUT2D eigenvalue weighted by molar-refractivity contribution is -0.136. The standard InChI is InChI=1S/C8H17NO5S.ClH/c1-2-4-9(5-6-10)15(13,14)7-3-8(11)12;/h10H,2-7H2,1H3,(H,11,12);1H. The van der Waals surface area contributed by atoms with Crippen LogP contribution in [0, 0.1) is 0 Å². The number of aliphatic hydroxyl groups excluding tert-OH is 1. The Bertz CT molecular complexity index is 287. The summed E-state index contributed by atoms with van der Waals surface area (Å²) < 4.78 is 24.3. The third-order valence-electron chi connectivity index (χ3n) is 1.79. The van der Waals surface area contributed by atoms with Gasteiger partial charge < -0.3 is 10.2 Å². The number of carboxylic acids is 1. The Morgan fingerprint density at radius 3 is 2.25 bits per heavy atom. The Hall–Kier alpha value is -0.370. The maximum absolute atomic E-state index is 11.6. The number of nitrogens with zero attached hydrogens (tertiary/aromatic N) is 1. The molecule has 0 saturated heterocycles. The summed E-state index contributed by atoms with van der Waals surface area (Å²) in [4.78, 5) is 10.3. The summed E-state index contributed by atoms with van der Waals surface area (Å²) in [6, 6.07) is 0. The number of hydrogen-bond acceptors (Lipinski definition) is 4. The molecule has 0 amide bonds. The lowest BCUT2D eigenvalue weighted by atomic mass is 10.5. The highest BCUT2D eigenvalue weighted by molar-refractivity contribution is 7.89. The molecular weight excluding hydrogens is 258 g/mol. The van der Waals surface area contributed by atoms with Crippen LogP contribution in [-0.4, -0.2) is 54.4 Å². The minimum atomic E-state index is -3.55. The van der Waals surface area contributed by atoms with Crippen molar-refractivity contribution in [3.8, 4) is 0 Å². The summed E-state index contributed by atoms with van der Waals surface area (Å²) in [5.74, 6) is -1.55. The van der Waals surface area contributed by atoms with E-state index in [4.69, 9.17) is 10.2 Å². The molecule has 0 atom stereocenters. The van der Waals surface area contributed by atoms with E-state index in [1.165, 1.54) is 0 Å². The van der Waals surface area contributed by atoms with Crippen LogP contribution in [0.2, 0.25) is 0 Å². The zero-order valence-corrected chi connectivity index (χ0v) is 10.8. The van der Waals surface area contributed by atoms with Crippen LogP contribution < -0.4 is 0 Å². The molecule has 2 N–H and O–H groups in total. The molecule has 0 aromatic heterocycles. The van der Waals surface area contributed by atoms with Crippen LogP contribution >= 0.6 is 12.4 Å². The number of carboxylic acid groups (broad SMARTS) is 1. The molecule has 8 heteroatoms. The van der Waals surface area contributed by atoms with Gasteiger partial charge in [-0.1, -0.05) is 6.92 Å². The smallest absolute Gasteiger partial charge is 0.304 e. The van der Waals surface area contributed by atoms with Crippen LogP contribution in [0.25, 0.3) is 0 Å². The minimum Gasteiger partial charge on any atom is -0.481 e. The monoisotopic (exact) mass is 275 g/mol. The highest BCUT2D eigenvalue weighted by Gasteiger charge is 2.21. The number of rotatable bonds is 8. The number of carbonyl (C=O) groups is 1. The maximum atomic E-state index is 11.6. The van der Waals surface area contributed by atoms with Crippen LogP contribution in [0.15, 0.2) is 0 Å². The molecule has 0 bridgehead atoms. The van der Waals surface area contributed by atoms with Crippen molar-refractivity contribution in [1.29, 1.82) is 0 Å². The van der Waals surface area contributed by atoms with Gasteiger partial charge in [0.25, 0.3) is 0 Å². The van der Waals surface area contributed by atoms with E-state index in [1.807, 2.05) is 6.92 Å². The fourth-order valence-corrected chi connectivity index (χ4v) is 2.61. The van der Waals surface area contributed by atoms with Crippen molar-refractivity contribution >= 4 is 28.4 Å². The molecule has 0 saturated carbocycles. The third-order valence-corrected chi connectivity index (χ3v) is 3.66. The van der Waals surface area contributed by atoms with Crippen LogP contribution in [0.3, 0.4) is 0 Å². The summed E-state index contributed by atoms with van der Waals surface area (Å²) in [5, 5.41) is 17.1. The van der Waals surface area contributed by atoms with E-state index in [2.05, 4.69) is 0 Å². The minimum absolute atomic E-state index is 0. The fraction of sp³-hybridized carbons (Fsp3) is 0.875. The first-order chi connectivity index (χ1) is 6.94. The third kappa shape index (κ3) is 7.00. The van der Waals surface area contributed by atoms with Gasteiger partial charge in [-0.05, 0) is 6.42 Å². The predicted molar refractivity (Wildman–Crippen MR) is 62.2 cm³/mol. The van der Waals surface area contributed by atoms with Crippen LogP contribution in [0.5, 0.6) is 0 Å². The zero-order chi connectivity index (χ0) is 11.9. The van der Waals surface area contributed by atoms with Crippen molar-refractivity contribution in [1.82, 2.24) is 4.31 Å². The first-order valence-electron chi connectivity index (χ1n) is 4.74. The van der Waals surface area contributed by atoms with Gasteiger partial charge in [0.2, 0.25) is 10.0 Å². The van der Waals surface area contributed by atoms with Gasteiger partial charge >= 0.3 is 5.97 Å². The molecule has 6 nitrogen and oxygen atoms in total. The van der Waals surface area contributed by atoms with Gasteiger partial charge in [0.05, 0.1) is 18.8 Å². The lowest BCUT2D eigenvalue weighted by Gasteiger charge is -2.19. The maximum Gasteiger partial charge on any atom is 0.304 e. The Labute approximate surface area is 102 Å². The van der Waals surface area contributed by atoms with E-state index < -0.39 is 28.2 Å². The molecule has 0 aliphatic carbocycles. The summed E-state index contributed by atoms with van der Waals surface area (Å²) in [6.07, 6.45) is 0.222. The predicted octanol–water partition coefficient (Wildman–Crippen LogP) is -0.0830. The second-order valence-electron chi connectivity index (χ2n) is 3.08.